The number of nitrogens with zero attached hydrogens (tertiary/aromatic N) is 5. The summed E-state index contributed by atoms with van der Waals surface area (Å²) in [7, 11) is 1.81. The first kappa shape index (κ1) is 22.0. The molecule has 0 aliphatic rings. The topological polar surface area (TPSA) is 97.3 Å². The van der Waals surface area contributed by atoms with Crippen molar-refractivity contribution in [2.24, 2.45) is 7.05 Å². The van der Waals surface area contributed by atoms with Crippen molar-refractivity contribution in [3.8, 4) is 22.3 Å². The van der Waals surface area contributed by atoms with Gasteiger partial charge in [0.15, 0.2) is 11.7 Å². The lowest BCUT2D eigenvalue weighted by molar-refractivity contribution is -0.192. The number of rotatable bonds is 5. The van der Waals surface area contributed by atoms with Crippen LogP contribution in [0.15, 0.2) is 42.4 Å². The van der Waals surface area contributed by atoms with Gasteiger partial charge in [-0.2, -0.15) is 23.4 Å². The molecular weight excluding hydrogens is 445 g/mol. The highest BCUT2D eigenvalue weighted by Gasteiger charge is 2.49. The Balaban J connectivity index is 1.60. The van der Waals surface area contributed by atoms with Gasteiger partial charge in [-0.15, -0.1) is 11.3 Å². The normalized spacial score (nSPS) is 13.5. The van der Waals surface area contributed by atoms with Crippen LogP contribution in [0.25, 0.3) is 27.9 Å². The molecule has 4 rings (SSSR count). The molecule has 4 aromatic heterocycles. The number of carbonyl (C=O) groups excluding carboxylic acids is 1. The smallest absolute Gasteiger partial charge is 0.388 e. The molecule has 0 radical (unpaired) electrons. The van der Waals surface area contributed by atoms with E-state index in [1.54, 1.807) is 39.4 Å². The highest BCUT2D eigenvalue weighted by Crippen LogP contribution is 2.31. The number of amides is 1. The van der Waals surface area contributed by atoms with Crippen molar-refractivity contribution in [1.82, 2.24) is 29.7 Å². The lowest BCUT2D eigenvalue weighted by atomic mass is 9.98. The van der Waals surface area contributed by atoms with Gasteiger partial charge in [-0.05, 0) is 30.9 Å². The minimum Gasteiger partial charge on any atom is -0.388 e. The maximum absolute atomic E-state index is 13.3. The van der Waals surface area contributed by atoms with E-state index >= 15 is 0 Å². The van der Waals surface area contributed by atoms with Crippen LogP contribution in [0.3, 0.4) is 0 Å². The summed E-state index contributed by atoms with van der Waals surface area (Å²) in [6.45, 7) is 1.99. The van der Waals surface area contributed by atoms with Crippen LogP contribution in [0, 0.1) is 0 Å². The summed E-state index contributed by atoms with van der Waals surface area (Å²) < 4.78 is 43.0. The average molecular weight is 464 g/mol. The Labute approximate surface area is 184 Å². The number of hydrogen-bond donors (Lipinski definition) is 2. The number of thiophene rings is 1. The highest BCUT2D eigenvalue weighted by atomic mass is 32.1. The third-order valence-corrected chi connectivity index (χ3v) is 5.77. The number of nitrogens with one attached hydrogen (secondary N) is 1. The van der Waals surface area contributed by atoms with Crippen LogP contribution in [-0.2, 0) is 7.05 Å². The van der Waals surface area contributed by atoms with Crippen LogP contribution in [0.4, 0.5) is 13.2 Å². The fourth-order valence-electron chi connectivity index (χ4n) is 3.26. The second-order valence-corrected chi connectivity index (χ2v) is 8.78. The summed E-state index contributed by atoms with van der Waals surface area (Å²) in [6, 6.07) is -0.927. The van der Waals surface area contributed by atoms with Crippen molar-refractivity contribution in [2.45, 2.75) is 31.7 Å². The van der Waals surface area contributed by atoms with Crippen LogP contribution in [0.1, 0.15) is 23.5 Å². The largest absolute Gasteiger partial charge is 0.411 e. The van der Waals surface area contributed by atoms with E-state index < -0.39 is 23.7 Å². The summed E-state index contributed by atoms with van der Waals surface area (Å²) in [5.74, 6) is -0.922. The van der Waals surface area contributed by atoms with E-state index in [9.17, 15) is 23.1 Å². The summed E-state index contributed by atoms with van der Waals surface area (Å²) in [5, 5.41) is 21.8. The van der Waals surface area contributed by atoms with Gasteiger partial charge < -0.3 is 10.4 Å². The van der Waals surface area contributed by atoms with Gasteiger partial charge in [0, 0.05) is 42.3 Å². The van der Waals surface area contributed by atoms with Gasteiger partial charge in [-0.1, -0.05) is 0 Å². The number of aliphatic hydroxyl groups is 1. The number of aromatic nitrogens is 5. The third-order valence-electron chi connectivity index (χ3n) is 4.84. The molecule has 1 unspecified atom stereocenters. The van der Waals surface area contributed by atoms with Crippen LogP contribution >= 0.6 is 11.3 Å². The van der Waals surface area contributed by atoms with Crippen molar-refractivity contribution in [2.75, 3.05) is 0 Å². The standard InChI is InChI=1S/C20H19F3N6O2S/c1-19(2,31)18(20(21,22)23)27-17(30)15-4-11(10-32-15)14-7-26-29-9-12(5-24-16(14)29)13-6-25-28(3)8-13/h4-10,18,31H,1-3H3,(H,27,30). The Kier molecular flexibility index (Phi) is 5.29. The first-order chi connectivity index (χ1) is 14.9. The molecule has 0 saturated heterocycles. The molecule has 0 spiro atoms. The number of hydrogen-bond acceptors (Lipinski definition) is 6. The van der Waals surface area contributed by atoms with Crippen LogP contribution in [0.2, 0.25) is 0 Å². The van der Waals surface area contributed by atoms with Gasteiger partial charge in [0.05, 0.1) is 22.9 Å². The first-order valence-corrected chi connectivity index (χ1v) is 10.3. The molecule has 0 bridgehead atoms. The highest BCUT2D eigenvalue weighted by molar-refractivity contribution is 7.12. The number of aryl methyl sites for hydroxylation is 1. The SMILES string of the molecule is Cn1cc(-c2cnc3c(-c4csc(C(=O)NC(C(C)(C)O)C(F)(F)F)c4)cnn3c2)cn1. The number of fused-ring (bicyclic) bond motifs is 1. The molecule has 0 aromatic carbocycles. The van der Waals surface area contributed by atoms with Crippen molar-refractivity contribution in [3.05, 3.63) is 47.3 Å². The minimum absolute atomic E-state index is 0.0739. The average Bonchev–Trinajstić information content (AvgIpc) is 3.42. The molecule has 0 aliphatic carbocycles. The van der Waals surface area contributed by atoms with Gasteiger partial charge in [-0.25, -0.2) is 9.50 Å². The second-order valence-electron chi connectivity index (χ2n) is 7.87. The van der Waals surface area contributed by atoms with E-state index in [1.807, 2.05) is 18.6 Å². The molecule has 0 fully saturated rings. The summed E-state index contributed by atoms with van der Waals surface area (Å²) in [4.78, 5) is 17.0. The van der Waals surface area contributed by atoms with E-state index in [2.05, 4.69) is 15.2 Å². The zero-order chi connectivity index (χ0) is 23.3. The summed E-state index contributed by atoms with van der Waals surface area (Å²) in [6.07, 6.45) is 3.80. The van der Waals surface area contributed by atoms with E-state index in [0.29, 0.717) is 16.8 Å². The lowest BCUT2D eigenvalue weighted by Crippen LogP contribution is -2.57. The van der Waals surface area contributed by atoms with Gasteiger partial charge >= 0.3 is 6.18 Å². The molecule has 0 saturated carbocycles. The Bertz CT molecular complexity index is 1270. The quantitative estimate of drug-likeness (QED) is 0.473. The number of alkyl halides is 3. The molecule has 12 heteroatoms. The van der Waals surface area contributed by atoms with Crippen LogP contribution in [-0.4, -0.2) is 53.2 Å². The van der Waals surface area contributed by atoms with Crippen molar-refractivity contribution in [1.29, 1.82) is 0 Å². The van der Waals surface area contributed by atoms with Gasteiger partial charge in [0.1, 0.15) is 0 Å². The number of halogens is 3. The maximum Gasteiger partial charge on any atom is 0.411 e. The van der Waals surface area contributed by atoms with Crippen LogP contribution < -0.4 is 5.32 Å². The Hall–Kier alpha value is -3.25. The molecule has 2 N–H and O–H groups in total. The Morgan fingerprint density at radius 3 is 2.47 bits per heavy atom. The Morgan fingerprint density at radius 1 is 1.12 bits per heavy atom. The zero-order valence-corrected chi connectivity index (χ0v) is 18.1. The first-order valence-electron chi connectivity index (χ1n) is 9.45. The molecule has 168 valence electrons. The molecule has 8 nitrogen and oxygen atoms in total. The fraction of sp³-hybridized carbons (Fsp3) is 0.300. The third kappa shape index (κ3) is 4.23. The van der Waals surface area contributed by atoms with Crippen LogP contribution in [0.5, 0.6) is 0 Å². The molecule has 1 amide bonds. The van der Waals surface area contributed by atoms with Gasteiger partial charge in [-0.3, -0.25) is 9.48 Å². The van der Waals surface area contributed by atoms with E-state index in [4.69, 9.17) is 0 Å². The predicted octanol–water partition coefficient (Wildman–Crippen LogP) is 3.29. The van der Waals surface area contributed by atoms with E-state index in [-0.39, 0.29) is 4.88 Å². The summed E-state index contributed by atoms with van der Waals surface area (Å²) >= 11 is 0.994. The zero-order valence-electron chi connectivity index (χ0n) is 17.3. The molecular formula is C20H19F3N6O2S. The molecule has 0 aliphatic heterocycles. The van der Waals surface area contributed by atoms with Gasteiger partial charge in [0.25, 0.3) is 5.91 Å². The van der Waals surface area contributed by atoms with Crippen molar-refractivity contribution in [3.63, 3.8) is 0 Å². The molecule has 4 aromatic rings. The van der Waals surface area contributed by atoms with Crippen molar-refractivity contribution < 1.29 is 23.1 Å². The summed E-state index contributed by atoms with van der Waals surface area (Å²) in [5.41, 5.74) is 1.28. The predicted molar refractivity (Wildman–Crippen MR) is 112 cm³/mol. The Morgan fingerprint density at radius 2 is 1.84 bits per heavy atom. The molecule has 32 heavy (non-hydrogen) atoms. The molecule has 1 atom stereocenters. The maximum atomic E-state index is 13.3. The molecule has 4 heterocycles. The lowest BCUT2D eigenvalue weighted by Gasteiger charge is -2.31. The van der Waals surface area contributed by atoms with E-state index in [0.717, 1.165) is 36.3 Å². The minimum atomic E-state index is -4.80. The van der Waals surface area contributed by atoms with E-state index in [1.165, 1.54) is 6.07 Å². The van der Waals surface area contributed by atoms with Gasteiger partial charge in [0.2, 0.25) is 0 Å². The second kappa shape index (κ2) is 7.71. The fourth-order valence-corrected chi connectivity index (χ4v) is 4.07. The monoisotopic (exact) mass is 464 g/mol. The van der Waals surface area contributed by atoms with Crippen molar-refractivity contribution >= 4 is 22.9 Å². The number of carbonyl (C=O) groups is 1.